The van der Waals surface area contributed by atoms with E-state index in [1.807, 2.05) is 48.2 Å². The van der Waals surface area contributed by atoms with Gasteiger partial charge in [0.2, 0.25) is 0 Å². The second-order valence-corrected chi connectivity index (χ2v) is 9.75. The van der Waals surface area contributed by atoms with Crippen LogP contribution in [0.4, 0.5) is 5.69 Å². The van der Waals surface area contributed by atoms with E-state index in [1.165, 1.54) is 8.61 Å². The lowest BCUT2D eigenvalue weighted by Crippen LogP contribution is -2.48. The number of piperidine rings is 1. The van der Waals surface area contributed by atoms with Crippen LogP contribution in [0.3, 0.4) is 0 Å². The van der Waals surface area contributed by atoms with Crippen LogP contribution < -0.4 is 4.90 Å². The molecule has 3 aliphatic rings. The van der Waals surface area contributed by atoms with E-state index in [9.17, 15) is 13.2 Å². The van der Waals surface area contributed by atoms with Crippen molar-refractivity contribution in [3.8, 4) is 0 Å². The van der Waals surface area contributed by atoms with Gasteiger partial charge in [-0.2, -0.15) is 17.0 Å². The molecule has 2 atom stereocenters. The predicted molar refractivity (Wildman–Crippen MR) is 102 cm³/mol. The maximum Gasteiger partial charge on any atom is 0.281 e. The minimum atomic E-state index is -3.45. The highest BCUT2D eigenvalue weighted by Gasteiger charge is 2.41. The van der Waals surface area contributed by atoms with Gasteiger partial charge in [-0.05, 0) is 43.0 Å². The van der Waals surface area contributed by atoms with Crippen molar-refractivity contribution >= 4 is 21.8 Å². The Hall–Kier alpha value is -1.64. The zero-order chi connectivity index (χ0) is 19.1. The number of carbonyl (C=O) groups excluding carboxylic acids is 1. The van der Waals surface area contributed by atoms with Gasteiger partial charge in [-0.3, -0.25) is 4.79 Å². The van der Waals surface area contributed by atoms with E-state index >= 15 is 0 Å². The van der Waals surface area contributed by atoms with Crippen molar-refractivity contribution in [2.45, 2.75) is 18.9 Å². The lowest BCUT2D eigenvalue weighted by molar-refractivity contribution is 0.0588. The number of benzene rings is 1. The molecule has 0 unspecified atom stereocenters. The summed E-state index contributed by atoms with van der Waals surface area (Å²) in [5.41, 5.74) is 1.70. The molecule has 3 fully saturated rings. The van der Waals surface area contributed by atoms with Crippen LogP contribution in [0.15, 0.2) is 24.3 Å². The Kier molecular flexibility index (Phi) is 5.28. The Morgan fingerprint density at radius 1 is 1.00 bits per heavy atom. The molecule has 1 aromatic rings. The highest BCUT2D eigenvalue weighted by atomic mass is 32.2. The minimum Gasteiger partial charge on any atom is -0.378 e. The fraction of sp³-hybridized carbons (Fsp3) is 0.611. The first-order valence-corrected chi connectivity index (χ1v) is 10.4. The van der Waals surface area contributed by atoms with Crippen molar-refractivity contribution in [2.24, 2.45) is 5.92 Å². The molecule has 0 saturated carbocycles. The Bertz CT molecular complexity index is 761. The number of anilines is 1. The molecular formula is C18H28N4O3S. The summed E-state index contributed by atoms with van der Waals surface area (Å²) >= 11 is 0. The van der Waals surface area contributed by atoms with Gasteiger partial charge >= 0.3 is 0 Å². The number of nitrogens with zero attached hydrogens (tertiary/aromatic N) is 4. The number of fused-ring (bicyclic) bond motifs is 4. The molecule has 0 spiro atoms. The van der Waals surface area contributed by atoms with Crippen LogP contribution in [0.1, 0.15) is 23.2 Å². The van der Waals surface area contributed by atoms with E-state index in [0.717, 1.165) is 18.5 Å². The summed E-state index contributed by atoms with van der Waals surface area (Å²) in [6.07, 6.45) is 1.82. The largest absolute Gasteiger partial charge is 0.378 e. The molecule has 0 aromatic heterocycles. The molecule has 1 amide bonds. The van der Waals surface area contributed by atoms with E-state index in [2.05, 4.69) is 0 Å². The third-order valence-corrected chi connectivity index (χ3v) is 7.23. The zero-order valence-electron chi connectivity index (χ0n) is 15.9. The average molecular weight is 381 g/mol. The maximum absolute atomic E-state index is 13.0. The number of carbonyl (C=O) groups is 1. The van der Waals surface area contributed by atoms with Gasteiger partial charge in [0, 0.05) is 65.1 Å². The van der Waals surface area contributed by atoms with Crippen LogP contribution in [0.25, 0.3) is 0 Å². The summed E-state index contributed by atoms with van der Waals surface area (Å²) in [6.45, 7) is 1.48. The van der Waals surface area contributed by atoms with E-state index in [0.29, 0.717) is 25.2 Å². The molecule has 3 aliphatic heterocycles. The molecule has 2 bridgehead atoms. The smallest absolute Gasteiger partial charge is 0.281 e. The van der Waals surface area contributed by atoms with Gasteiger partial charge in [0.05, 0.1) is 0 Å². The quantitative estimate of drug-likeness (QED) is 0.785. The molecule has 144 valence electrons. The van der Waals surface area contributed by atoms with Gasteiger partial charge in [-0.25, -0.2) is 0 Å². The minimum absolute atomic E-state index is 0.00546. The van der Waals surface area contributed by atoms with Crippen LogP contribution in [0.2, 0.25) is 0 Å². The summed E-state index contributed by atoms with van der Waals surface area (Å²) in [5, 5.41) is 0. The molecule has 0 radical (unpaired) electrons. The number of hydrogen-bond donors (Lipinski definition) is 0. The fourth-order valence-electron chi connectivity index (χ4n) is 3.77. The summed E-state index contributed by atoms with van der Waals surface area (Å²) in [4.78, 5) is 16.9. The second-order valence-electron chi connectivity index (χ2n) is 7.60. The fourth-order valence-corrected chi connectivity index (χ4v) is 5.00. The summed E-state index contributed by atoms with van der Waals surface area (Å²) < 4.78 is 27.9. The molecule has 0 aliphatic carbocycles. The van der Waals surface area contributed by atoms with Crippen LogP contribution in [-0.2, 0) is 10.2 Å². The molecule has 1 aromatic carbocycles. The van der Waals surface area contributed by atoms with Gasteiger partial charge in [0.1, 0.15) is 0 Å². The first kappa shape index (κ1) is 19.1. The molecule has 8 heteroatoms. The molecule has 3 saturated heterocycles. The van der Waals surface area contributed by atoms with E-state index in [4.69, 9.17) is 0 Å². The lowest BCUT2D eigenvalue weighted by atomic mass is 9.94. The van der Waals surface area contributed by atoms with Crippen LogP contribution in [0.5, 0.6) is 0 Å². The third kappa shape index (κ3) is 3.58. The SMILES string of the molecule is CN(C)c1ccc(C(=O)N2C[C@H]3CC[C@@H]2CN(S(=O)(=O)N(C)C)C3)cc1. The van der Waals surface area contributed by atoms with Crippen LogP contribution in [-0.4, -0.2) is 81.7 Å². The van der Waals surface area contributed by atoms with Gasteiger partial charge in [0.25, 0.3) is 16.1 Å². The monoisotopic (exact) mass is 380 g/mol. The molecule has 26 heavy (non-hydrogen) atoms. The summed E-state index contributed by atoms with van der Waals surface area (Å²) in [6, 6.07) is 7.51. The lowest BCUT2D eigenvalue weighted by Gasteiger charge is -2.36. The first-order chi connectivity index (χ1) is 12.2. The number of amides is 1. The highest BCUT2D eigenvalue weighted by molar-refractivity contribution is 7.86. The van der Waals surface area contributed by atoms with E-state index in [-0.39, 0.29) is 17.9 Å². The van der Waals surface area contributed by atoms with Crippen LogP contribution >= 0.6 is 0 Å². The average Bonchev–Trinajstić information content (AvgIpc) is 2.93. The Balaban J connectivity index is 1.81. The van der Waals surface area contributed by atoms with Gasteiger partial charge in [0.15, 0.2) is 0 Å². The van der Waals surface area contributed by atoms with Crippen LogP contribution in [0, 0.1) is 5.92 Å². The Morgan fingerprint density at radius 2 is 1.65 bits per heavy atom. The first-order valence-electron chi connectivity index (χ1n) is 8.96. The van der Waals surface area contributed by atoms with Crippen molar-refractivity contribution in [3.63, 3.8) is 0 Å². The summed E-state index contributed by atoms with van der Waals surface area (Å²) in [7, 11) is 3.58. The Morgan fingerprint density at radius 3 is 2.23 bits per heavy atom. The highest BCUT2D eigenvalue weighted by Crippen LogP contribution is 2.31. The van der Waals surface area contributed by atoms with E-state index < -0.39 is 10.2 Å². The van der Waals surface area contributed by atoms with E-state index in [1.54, 1.807) is 14.1 Å². The topological polar surface area (TPSA) is 64.2 Å². The van der Waals surface area contributed by atoms with Gasteiger partial charge in [-0.1, -0.05) is 0 Å². The standard InChI is InChI=1S/C18H28N4O3S/c1-19(2)16-9-6-15(7-10-16)18(23)22-12-14-5-8-17(22)13-21(11-14)26(24,25)20(3)4/h6-7,9-10,14,17H,5,8,11-13H2,1-4H3/t14-,17+/m0/s1. The van der Waals surface area contributed by atoms with Crippen molar-refractivity contribution in [3.05, 3.63) is 29.8 Å². The molecule has 4 rings (SSSR count). The Labute approximate surface area is 156 Å². The van der Waals surface area contributed by atoms with Crippen molar-refractivity contribution in [2.75, 3.05) is 52.7 Å². The summed E-state index contributed by atoms with van der Waals surface area (Å²) in [5.74, 6) is 0.183. The maximum atomic E-state index is 13.0. The normalized spacial score (nSPS) is 24.0. The van der Waals surface area contributed by atoms with Crippen molar-refractivity contribution < 1.29 is 13.2 Å². The van der Waals surface area contributed by atoms with Gasteiger partial charge < -0.3 is 9.80 Å². The molecular weight excluding hydrogens is 352 g/mol. The number of hydrogen-bond acceptors (Lipinski definition) is 4. The molecule has 0 N–H and O–H groups in total. The van der Waals surface area contributed by atoms with Gasteiger partial charge in [-0.15, -0.1) is 0 Å². The predicted octanol–water partition coefficient (Wildman–Crippen LogP) is 1.10. The van der Waals surface area contributed by atoms with Crippen molar-refractivity contribution in [1.82, 2.24) is 13.5 Å². The second kappa shape index (κ2) is 7.17. The third-order valence-electron chi connectivity index (χ3n) is 5.36. The number of rotatable bonds is 4. The molecule has 3 heterocycles. The van der Waals surface area contributed by atoms with Crippen molar-refractivity contribution in [1.29, 1.82) is 0 Å². The molecule has 7 nitrogen and oxygen atoms in total. The zero-order valence-corrected chi connectivity index (χ0v) is 16.7.